The van der Waals surface area contributed by atoms with E-state index in [0.29, 0.717) is 19.6 Å². The third-order valence-electron chi connectivity index (χ3n) is 4.58. The van der Waals surface area contributed by atoms with Gasteiger partial charge in [0.15, 0.2) is 0 Å². The second-order valence-corrected chi connectivity index (χ2v) is 5.85. The molecule has 7 heteroatoms. The van der Waals surface area contributed by atoms with E-state index in [2.05, 4.69) is 4.90 Å². The number of piperazine rings is 1. The Morgan fingerprint density at radius 2 is 2.05 bits per heavy atom. The Kier molecular flexibility index (Phi) is 5.41. The fourth-order valence-corrected chi connectivity index (χ4v) is 3.27. The van der Waals surface area contributed by atoms with Crippen LogP contribution < -0.4 is 0 Å². The molecule has 1 unspecified atom stereocenters. The lowest BCUT2D eigenvalue weighted by molar-refractivity contribution is -0.139. The van der Waals surface area contributed by atoms with Crippen LogP contribution in [0.3, 0.4) is 0 Å². The van der Waals surface area contributed by atoms with Crippen molar-refractivity contribution in [3.63, 3.8) is 0 Å². The molecule has 2 amide bonds. The van der Waals surface area contributed by atoms with Crippen LogP contribution in [0.4, 0.5) is 4.79 Å². The third-order valence-corrected chi connectivity index (χ3v) is 4.58. The Labute approximate surface area is 125 Å². The van der Waals surface area contributed by atoms with Gasteiger partial charge in [0.1, 0.15) is 6.04 Å². The number of rotatable bonds is 5. The van der Waals surface area contributed by atoms with Crippen molar-refractivity contribution >= 4 is 12.0 Å². The molecule has 2 fully saturated rings. The standard InChI is InChI=1S/C14H25N3O4/c1-11-13(19)16(8-9-17(11)14(20)21)7-3-6-15-5-2-4-12(15)10-18/h11-12,18H,2-10H2,1H3,(H,20,21)/t11?,12-/m0/s1. The summed E-state index contributed by atoms with van der Waals surface area (Å²) in [6.07, 6.45) is 2.00. The molecular weight excluding hydrogens is 274 g/mol. The van der Waals surface area contributed by atoms with Gasteiger partial charge in [0, 0.05) is 32.2 Å². The molecule has 0 aliphatic carbocycles. The molecule has 2 atom stereocenters. The Hall–Kier alpha value is -1.34. The van der Waals surface area contributed by atoms with Gasteiger partial charge in [0.2, 0.25) is 5.91 Å². The van der Waals surface area contributed by atoms with Gasteiger partial charge in [-0.25, -0.2) is 4.79 Å². The number of hydrogen-bond donors (Lipinski definition) is 2. The predicted molar refractivity (Wildman–Crippen MR) is 77.1 cm³/mol. The predicted octanol–water partition coefficient (Wildman–Crippen LogP) is 0.0439. The first-order valence-corrected chi connectivity index (χ1v) is 7.68. The Morgan fingerprint density at radius 1 is 1.29 bits per heavy atom. The maximum absolute atomic E-state index is 12.2. The van der Waals surface area contributed by atoms with E-state index in [0.717, 1.165) is 32.4 Å². The minimum atomic E-state index is -1.03. The number of hydrogen-bond acceptors (Lipinski definition) is 4. The van der Waals surface area contributed by atoms with Crippen molar-refractivity contribution in [1.82, 2.24) is 14.7 Å². The number of likely N-dealkylation sites (tertiary alicyclic amines) is 1. The highest BCUT2D eigenvalue weighted by Gasteiger charge is 2.34. The number of carboxylic acid groups (broad SMARTS) is 1. The summed E-state index contributed by atoms with van der Waals surface area (Å²) in [5.41, 5.74) is 0. The summed E-state index contributed by atoms with van der Waals surface area (Å²) >= 11 is 0. The summed E-state index contributed by atoms with van der Waals surface area (Å²) in [6.45, 7) is 5.25. The topological polar surface area (TPSA) is 84.3 Å². The SMILES string of the molecule is CC1C(=O)N(CCCN2CCC[C@H]2CO)CCN1C(=O)O. The van der Waals surface area contributed by atoms with Gasteiger partial charge in [-0.1, -0.05) is 0 Å². The van der Waals surface area contributed by atoms with Crippen molar-refractivity contribution in [2.45, 2.75) is 38.3 Å². The van der Waals surface area contributed by atoms with Crippen LogP contribution in [0.2, 0.25) is 0 Å². The van der Waals surface area contributed by atoms with Crippen LogP contribution in [0.15, 0.2) is 0 Å². The molecule has 2 aliphatic heterocycles. The van der Waals surface area contributed by atoms with Crippen molar-refractivity contribution in [3.05, 3.63) is 0 Å². The third kappa shape index (κ3) is 3.65. The first kappa shape index (κ1) is 16.0. The van der Waals surface area contributed by atoms with Gasteiger partial charge >= 0.3 is 6.09 Å². The molecular formula is C14H25N3O4. The van der Waals surface area contributed by atoms with Gasteiger partial charge in [-0.05, 0) is 32.7 Å². The van der Waals surface area contributed by atoms with Crippen LogP contribution in [0.5, 0.6) is 0 Å². The van der Waals surface area contributed by atoms with Gasteiger partial charge in [0.05, 0.1) is 6.61 Å². The normalized spacial score (nSPS) is 27.4. The fraction of sp³-hybridized carbons (Fsp3) is 0.857. The number of amides is 2. The van der Waals surface area contributed by atoms with Crippen LogP contribution in [-0.4, -0.2) is 88.3 Å². The van der Waals surface area contributed by atoms with Crippen molar-refractivity contribution < 1.29 is 19.8 Å². The summed E-state index contributed by atoms with van der Waals surface area (Å²) in [7, 11) is 0. The second-order valence-electron chi connectivity index (χ2n) is 5.85. The lowest BCUT2D eigenvalue weighted by atomic mass is 10.1. The van der Waals surface area contributed by atoms with Crippen LogP contribution >= 0.6 is 0 Å². The van der Waals surface area contributed by atoms with E-state index < -0.39 is 12.1 Å². The highest BCUT2D eigenvalue weighted by Crippen LogP contribution is 2.17. The van der Waals surface area contributed by atoms with E-state index >= 15 is 0 Å². The fourth-order valence-electron chi connectivity index (χ4n) is 3.27. The zero-order valence-electron chi connectivity index (χ0n) is 12.6. The average Bonchev–Trinajstić information content (AvgIpc) is 2.90. The first-order chi connectivity index (χ1) is 10.0. The van der Waals surface area contributed by atoms with Gasteiger partial charge in [0.25, 0.3) is 0 Å². The summed E-state index contributed by atoms with van der Waals surface area (Å²) in [5, 5.41) is 18.3. The molecule has 7 nitrogen and oxygen atoms in total. The van der Waals surface area contributed by atoms with Crippen molar-refractivity contribution in [2.75, 3.05) is 39.3 Å². The number of aliphatic hydroxyl groups is 1. The number of carbonyl (C=O) groups is 2. The van der Waals surface area contributed by atoms with E-state index in [1.165, 1.54) is 4.90 Å². The molecule has 2 rings (SSSR count). The summed E-state index contributed by atoms with van der Waals surface area (Å²) in [6, 6.07) is -0.322. The van der Waals surface area contributed by atoms with Crippen molar-refractivity contribution in [2.24, 2.45) is 0 Å². The van der Waals surface area contributed by atoms with Gasteiger partial charge in [-0.15, -0.1) is 0 Å². The van der Waals surface area contributed by atoms with Crippen LogP contribution in [0.1, 0.15) is 26.2 Å². The Bertz CT molecular complexity index is 390. The summed E-state index contributed by atoms with van der Waals surface area (Å²) in [5.74, 6) is -0.108. The molecule has 0 aromatic rings. The number of aliphatic hydroxyl groups excluding tert-OH is 1. The molecule has 0 spiro atoms. The molecule has 2 saturated heterocycles. The smallest absolute Gasteiger partial charge is 0.408 e. The van der Waals surface area contributed by atoms with Crippen molar-refractivity contribution in [1.29, 1.82) is 0 Å². The Balaban J connectivity index is 1.76. The Morgan fingerprint density at radius 3 is 2.71 bits per heavy atom. The molecule has 2 N–H and O–H groups in total. The van der Waals surface area contributed by atoms with E-state index in [9.17, 15) is 14.7 Å². The molecule has 0 aromatic heterocycles. The molecule has 120 valence electrons. The minimum absolute atomic E-state index is 0.108. The quantitative estimate of drug-likeness (QED) is 0.749. The largest absolute Gasteiger partial charge is 0.465 e. The monoisotopic (exact) mass is 299 g/mol. The van der Waals surface area contributed by atoms with Crippen LogP contribution in [0, 0.1) is 0 Å². The molecule has 2 heterocycles. The zero-order chi connectivity index (χ0) is 15.4. The second kappa shape index (κ2) is 7.09. The lowest BCUT2D eigenvalue weighted by Gasteiger charge is -2.37. The van der Waals surface area contributed by atoms with Crippen LogP contribution in [-0.2, 0) is 4.79 Å². The maximum atomic E-state index is 12.2. The molecule has 0 bridgehead atoms. The molecule has 0 saturated carbocycles. The highest BCUT2D eigenvalue weighted by atomic mass is 16.4. The van der Waals surface area contributed by atoms with E-state index in [1.807, 2.05) is 0 Å². The van der Waals surface area contributed by atoms with E-state index in [1.54, 1.807) is 11.8 Å². The summed E-state index contributed by atoms with van der Waals surface area (Å²) in [4.78, 5) is 28.4. The molecule has 0 aromatic carbocycles. The average molecular weight is 299 g/mol. The highest BCUT2D eigenvalue weighted by molar-refractivity contribution is 5.86. The van der Waals surface area contributed by atoms with Crippen LogP contribution in [0.25, 0.3) is 0 Å². The first-order valence-electron chi connectivity index (χ1n) is 7.68. The maximum Gasteiger partial charge on any atom is 0.408 e. The van der Waals surface area contributed by atoms with E-state index in [4.69, 9.17) is 5.11 Å². The van der Waals surface area contributed by atoms with Crippen molar-refractivity contribution in [3.8, 4) is 0 Å². The lowest BCUT2D eigenvalue weighted by Crippen LogP contribution is -2.57. The van der Waals surface area contributed by atoms with Gasteiger partial charge < -0.3 is 15.1 Å². The number of carbonyl (C=O) groups excluding carboxylic acids is 1. The van der Waals surface area contributed by atoms with E-state index in [-0.39, 0.29) is 18.6 Å². The number of nitrogens with zero attached hydrogens (tertiary/aromatic N) is 3. The van der Waals surface area contributed by atoms with Gasteiger partial charge in [-0.2, -0.15) is 0 Å². The minimum Gasteiger partial charge on any atom is -0.465 e. The molecule has 2 aliphatic rings. The molecule has 0 radical (unpaired) electrons. The van der Waals surface area contributed by atoms with Gasteiger partial charge in [-0.3, -0.25) is 14.6 Å². The molecule has 21 heavy (non-hydrogen) atoms. The zero-order valence-corrected chi connectivity index (χ0v) is 12.6. The summed E-state index contributed by atoms with van der Waals surface area (Å²) < 4.78 is 0.